The van der Waals surface area contributed by atoms with Gasteiger partial charge >= 0.3 is 12.0 Å². The van der Waals surface area contributed by atoms with E-state index in [9.17, 15) is 14.4 Å². The van der Waals surface area contributed by atoms with Crippen LogP contribution in [0.4, 0.5) is 16.2 Å². The lowest BCUT2D eigenvalue weighted by atomic mass is 10.1. The van der Waals surface area contributed by atoms with E-state index in [1.54, 1.807) is 26.1 Å². The maximum absolute atomic E-state index is 12.2. The summed E-state index contributed by atoms with van der Waals surface area (Å²) < 4.78 is 0. The largest absolute Gasteiger partial charge is 0.481 e. The predicted octanol–water partition coefficient (Wildman–Crippen LogP) is 2.53. The van der Waals surface area contributed by atoms with Crippen molar-refractivity contribution in [3.8, 4) is 0 Å². The first-order chi connectivity index (χ1) is 11.3. The van der Waals surface area contributed by atoms with E-state index in [-0.39, 0.29) is 18.4 Å². The second-order valence-corrected chi connectivity index (χ2v) is 6.34. The van der Waals surface area contributed by atoms with Gasteiger partial charge in [-0.15, -0.1) is 0 Å². The van der Waals surface area contributed by atoms with E-state index >= 15 is 0 Å². The van der Waals surface area contributed by atoms with Crippen LogP contribution < -0.4 is 10.6 Å². The number of carbonyl (C=O) groups excluding carboxylic acids is 2. The van der Waals surface area contributed by atoms with Crippen LogP contribution in [0.5, 0.6) is 0 Å². The summed E-state index contributed by atoms with van der Waals surface area (Å²) in [5.41, 5.74) is 2.07. The van der Waals surface area contributed by atoms with Gasteiger partial charge in [0, 0.05) is 30.9 Å². The summed E-state index contributed by atoms with van der Waals surface area (Å²) in [6.45, 7) is 3.51. The van der Waals surface area contributed by atoms with Gasteiger partial charge in [0.15, 0.2) is 0 Å². The van der Waals surface area contributed by atoms with Crippen LogP contribution in [-0.2, 0) is 9.59 Å². The molecule has 0 spiro atoms. The molecule has 0 aliphatic heterocycles. The number of nitrogens with zero attached hydrogens (tertiary/aromatic N) is 1. The minimum absolute atomic E-state index is 0.00327. The second kappa shape index (κ2) is 7.33. The van der Waals surface area contributed by atoms with Crippen LogP contribution in [0.3, 0.4) is 0 Å². The molecule has 24 heavy (non-hydrogen) atoms. The Kier molecular flexibility index (Phi) is 5.43. The fourth-order valence-corrected chi connectivity index (χ4v) is 2.21. The van der Waals surface area contributed by atoms with Crippen LogP contribution in [-0.4, -0.2) is 41.5 Å². The molecule has 0 radical (unpaired) electrons. The fraction of sp³-hybridized carbons (Fsp3) is 0.471. The van der Waals surface area contributed by atoms with Gasteiger partial charge in [0.2, 0.25) is 5.91 Å². The summed E-state index contributed by atoms with van der Waals surface area (Å²) in [4.78, 5) is 36.2. The van der Waals surface area contributed by atoms with E-state index < -0.39 is 17.9 Å². The minimum atomic E-state index is -0.949. The standard InChI is InChI=1S/C17H23N3O4/c1-10-4-7-13(18-15(21)12-5-6-12)8-14(10)19-17(24)20(3)9-11(2)16(22)23/h4,7-8,11-12H,5-6,9H2,1-3H3,(H,18,21)(H,19,24)(H,22,23). The number of hydrogen-bond donors (Lipinski definition) is 3. The molecule has 1 aromatic rings. The summed E-state index contributed by atoms with van der Waals surface area (Å²) in [5, 5.41) is 14.5. The van der Waals surface area contributed by atoms with Crippen LogP contribution >= 0.6 is 0 Å². The number of rotatable bonds is 6. The Hall–Kier alpha value is -2.57. The van der Waals surface area contributed by atoms with Crippen molar-refractivity contribution in [3.63, 3.8) is 0 Å². The summed E-state index contributed by atoms with van der Waals surface area (Å²) in [6, 6.07) is 4.93. The van der Waals surface area contributed by atoms with Gasteiger partial charge in [0.25, 0.3) is 0 Å². The summed E-state index contributed by atoms with van der Waals surface area (Å²) in [7, 11) is 1.54. The molecule has 1 aromatic carbocycles. The molecule has 1 saturated carbocycles. The molecule has 1 aliphatic rings. The normalized spacial score (nSPS) is 14.6. The van der Waals surface area contributed by atoms with E-state index in [1.165, 1.54) is 4.90 Å². The quantitative estimate of drug-likeness (QED) is 0.745. The minimum Gasteiger partial charge on any atom is -0.481 e. The van der Waals surface area contributed by atoms with Gasteiger partial charge in [-0.25, -0.2) is 4.79 Å². The number of nitrogens with one attached hydrogen (secondary N) is 2. The Bertz CT molecular complexity index is 655. The number of anilines is 2. The number of carboxylic acids is 1. The highest BCUT2D eigenvalue weighted by molar-refractivity contribution is 5.96. The van der Waals surface area contributed by atoms with Gasteiger partial charge in [-0.2, -0.15) is 0 Å². The van der Waals surface area contributed by atoms with Crippen molar-refractivity contribution in [2.45, 2.75) is 26.7 Å². The topological polar surface area (TPSA) is 98.7 Å². The lowest BCUT2D eigenvalue weighted by Crippen LogP contribution is -2.36. The Morgan fingerprint density at radius 2 is 1.96 bits per heavy atom. The van der Waals surface area contributed by atoms with E-state index in [0.29, 0.717) is 11.4 Å². The van der Waals surface area contributed by atoms with Crippen molar-refractivity contribution < 1.29 is 19.5 Å². The van der Waals surface area contributed by atoms with Gasteiger partial charge in [0.1, 0.15) is 0 Å². The maximum atomic E-state index is 12.2. The molecular weight excluding hydrogens is 310 g/mol. The van der Waals surface area contributed by atoms with E-state index in [0.717, 1.165) is 18.4 Å². The second-order valence-electron chi connectivity index (χ2n) is 6.34. The average Bonchev–Trinajstić information content (AvgIpc) is 3.35. The van der Waals surface area contributed by atoms with E-state index in [2.05, 4.69) is 10.6 Å². The monoisotopic (exact) mass is 333 g/mol. The van der Waals surface area contributed by atoms with E-state index in [1.807, 2.05) is 13.0 Å². The van der Waals surface area contributed by atoms with Crippen molar-refractivity contribution in [3.05, 3.63) is 23.8 Å². The molecule has 0 bridgehead atoms. The lowest BCUT2D eigenvalue weighted by molar-refractivity contribution is -0.141. The van der Waals surface area contributed by atoms with Gasteiger partial charge in [-0.3, -0.25) is 9.59 Å². The lowest BCUT2D eigenvalue weighted by Gasteiger charge is -2.21. The van der Waals surface area contributed by atoms with Crippen LogP contribution in [0.1, 0.15) is 25.3 Å². The van der Waals surface area contributed by atoms with Gasteiger partial charge in [-0.05, 0) is 37.5 Å². The number of aryl methyl sites for hydroxylation is 1. The number of aliphatic carboxylic acids is 1. The van der Waals surface area contributed by atoms with Crippen molar-refractivity contribution in [1.82, 2.24) is 4.90 Å². The molecule has 1 aliphatic carbocycles. The Balaban J connectivity index is 2.00. The fourth-order valence-electron chi connectivity index (χ4n) is 2.21. The van der Waals surface area contributed by atoms with Gasteiger partial charge < -0.3 is 20.6 Å². The molecule has 7 heteroatoms. The highest BCUT2D eigenvalue weighted by atomic mass is 16.4. The molecule has 3 N–H and O–H groups in total. The maximum Gasteiger partial charge on any atom is 0.321 e. The van der Waals surface area contributed by atoms with Crippen molar-refractivity contribution in [2.24, 2.45) is 11.8 Å². The van der Waals surface area contributed by atoms with Crippen LogP contribution in [0.15, 0.2) is 18.2 Å². The third-order valence-electron chi connectivity index (χ3n) is 4.01. The highest BCUT2D eigenvalue weighted by Gasteiger charge is 2.29. The van der Waals surface area contributed by atoms with E-state index in [4.69, 9.17) is 5.11 Å². The van der Waals surface area contributed by atoms with Crippen molar-refractivity contribution in [2.75, 3.05) is 24.2 Å². The number of urea groups is 1. The molecule has 0 aromatic heterocycles. The summed E-state index contributed by atoms with van der Waals surface area (Å²) in [5.74, 6) is -1.49. The molecule has 1 unspecified atom stereocenters. The zero-order chi connectivity index (χ0) is 17.9. The first-order valence-corrected chi connectivity index (χ1v) is 7.94. The van der Waals surface area contributed by atoms with Crippen molar-refractivity contribution >= 4 is 29.3 Å². The zero-order valence-electron chi connectivity index (χ0n) is 14.1. The van der Waals surface area contributed by atoms with Crippen LogP contribution in [0.25, 0.3) is 0 Å². The number of hydrogen-bond acceptors (Lipinski definition) is 3. The first kappa shape index (κ1) is 17.8. The summed E-state index contributed by atoms with van der Waals surface area (Å²) >= 11 is 0. The number of benzene rings is 1. The molecule has 130 valence electrons. The molecule has 2 rings (SSSR count). The van der Waals surface area contributed by atoms with Gasteiger partial charge in [-0.1, -0.05) is 13.0 Å². The number of carbonyl (C=O) groups is 3. The third-order valence-corrected chi connectivity index (χ3v) is 4.01. The third kappa shape index (κ3) is 4.71. The zero-order valence-corrected chi connectivity index (χ0v) is 14.1. The molecule has 7 nitrogen and oxygen atoms in total. The first-order valence-electron chi connectivity index (χ1n) is 7.94. The number of carboxylic acid groups (broad SMARTS) is 1. The van der Waals surface area contributed by atoms with Crippen molar-refractivity contribution in [1.29, 1.82) is 0 Å². The van der Waals surface area contributed by atoms with Crippen LogP contribution in [0, 0.1) is 18.8 Å². The molecule has 0 heterocycles. The smallest absolute Gasteiger partial charge is 0.321 e. The molecule has 3 amide bonds. The van der Waals surface area contributed by atoms with Gasteiger partial charge in [0.05, 0.1) is 5.92 Å². The SMILES string of the molecule is Cc1ccc(NC(=O)C2CC2)cc1NC(=O)N(C)CC(C)C(=O)O. The number of amides is 3. The Labute approximate surface area is 141 Å². The molecular formula is C17H23N3O4. The molecule has 0 saturated heterocycles. The van der Waals surface area contributed by atoms with Crippen LogP contribution in [0.2, 0.25) is 0 Å². The Morgan fingerprint density at radius 1 is 1.29 bits per heavy atom. The summed E-state index contributed by atoms with van der Waals surface area (Å²) in [6.07, 6.45) is 1.85. The highest BCUT2D eigenvalue weighted by Crippen LogP contribution is 2.30. The molecule has 1 atom stereocenters. The molecule has 1 fully saturated rings. The predicted molar refractivity (Wildman–Crippen MR) is 91.0 cm³/mol. The Morgan fingerprint density at radius 3 is 2.54 bits per heavy atom. The average molecular weight is 333 g/mol.